The van der Waals surface area contributed by atoms with Crippen molar-refractivity contribution in [2.45, 2.75) is 19.9 Å². The second-order valence-corrected chi connectivity index (χ2v) is 7.34. The van der Waals surface area contributed by atoms with Crippen molar-refractivity contribution in [1.29, 1.82) is 0 Å². The molecule has 2 aromatic rings. The lowest BCUT2D eigenvalue weighted by Crippen LogP contribution is -2.46. The Hall–Kier alpha value is -2.93. The van der Waals surface area contributed by atoms with Gasteiger partial charge in [-0.05, 0) is 43.7 Å². The van der Waals surface area contributed by atoms with Crippen molar-refractivity contribution in [3.63, 3.8) is 0 Å². The number of allylic oxidation sites excluding steroid dienone is 1. The fourth-order valence-electron chi connectivity index (χ4n) is 3.04. The number of guanidine groups is 1. The van der Waals surface area contributed by atoms with Gasteiger partial charge >= 0.3 is 0 Å². The van der Waals surface area contributed by atoms with Crippen LogP contribution in [0, 0.1) is 0 Å². The van der Waals surface area contributed by atoms with Crippen LogP contribution in [0.5, 0.6) is 0 Å². The summed E-state index contributed by atoms with van der Waals surface area (Å²) in [4.78, 5) is 28.7. The second-order valence-electron chi connectivity index (χ2n) is 6.43. The van der Waals surface area contributed by atoms with Crippen LogP contribution in [0.15, 0.2) is 75.3 Å². The number of benzene rings is 2. The standard InChI is InChI=1S/C21H21BrN4O2/c1-13-19(14(2)27)20(15-8-10-16(22)11-9-15)26-21(24-13)23-12-18(28)25-17-6-4-3-5-7-17/h3-11,20H,12H2,1-2H3,(H,25,28)(H2,23,24,26). The normalized spacial score (nSPS) is 17.7. The minimum absolute atomic E-state index is 0.0220. The largest absolute Gasteiger partial charge is 0.345 e. The Labute approximate surface area is 172 Å². The molecule has 1 unspecified atom stereocenters. The average molecular weight is 441 g/mol. The molecule has 144 valence electrons. The van der Waals surface area contributed by atoms with Gasteiger partial charge in [-0.1, -0.05) is 46.3 Å². The zero-order valence-electron chi connectivity index (χ0n) is 15.6. The summed E-state index contributed by atoms with van der Waals surface area (Å²) in [6.07, 6.45) is 0. The summed E-state index contributed by atoms with van der Waals surface area (Å²) in [6.45, 7) is 3.34. The number of rotatable bonds is 5. The van der Waals surface area contributed by atoms with E-state index in [1.807, 2.05) is 61.5 Å². The number of nitrogens with one attached hydrogen (secondary N) is 3. The topological polar surface area (TPSA) is 82.6 Å². The van der Waals surface area contributed by atoms with Gasteiger partial charge < -0.3 is 16.0 Å². The number of halogens is 1. The van der Waals surface area contributed by atoms with Gasteiger partial charge in [0.25, 0.3) is 0 Å². The number of nitrogens with zero attached hydrogens (tertiary/aromatic N) is 1. The number of Topliss-reactive ketones (excluding diaryl/α,β-unsaturated/α-hetero) is 1. The highest BCUT2D eigenvalue weighted by atomic mass is 79.9. The molecule has 1 aliphatic heterocycles. The van der Waals surface area contributed by atoms with Crippen molar-refractivity contribution in [1.82, 2.24) is 10.6 Å². The van der Waals surface area contributed by atoms with Crippen LogP contribution in [0.4, 0.5) is 5.69 Å². The third kappa shape index (κ3) is 4.86. The highest BCUT2D eigenvalue weighted by molar-refractivity contribution is 9.10. The zero-order chi connectivity index (χ0) is 20.1. The molecular formula is C21H21BrN4O2. The number of aliphatic imine (C=N–C) groups is 1. The van der Waals surface area contributed by atoms with Crippen LogP contribution >= 0.6 is 15.9 Å². The van der Waals surface area contributed by atoms with E-state index in [1.54, 1.807) is 6.92 Å². The molecule has 6 nitrogen and oxygen atoms in total. The van der Waals surface area contributed by atoms with E-state index in [2.05, 4.69) is 36.9 Å². The Kier molecular flexibility index (Phi) is 6.26. The average Bonchev–Trinajstić information content (AvgIpc) is 2.67. The molecule has 0 saturated heterocycles. The molecule has 0 aromatic heterocycles. The molecule has 0 saturated carbocycles. The fourth-order valence-corrected chi connectivity index (χ4v) is 3.30. The molecule has 1 atom stereocenters. The highest BCUT2D eigenvalue weighted by Gasteiger charge is 2.28. The molecule has 0 spiro atoms. The lowest BCUT2D eigenvalue weighted by atomic mass is 9.93. The van der Waals surface area contributed by atoms with Gasteiger partial charge in [-0.25, -0.2) is 4.99 Å². The number of carbonyl (C=O) groups is 2. The van der Waals surface area contributed by atoms with Crippen molar-refractivity contribution in [2.24, 2.45) is 4.99 Å². The first-order valence-electron chi connectivity index (χ1n) is 8.84. The molecule has 28 heavy (non-hydrogen) atoms. The van der Waals surface area contributed by atoms with E-state index in [-0.39, 0.29) is 24.3 Å². The van der Waals surface area contributed by atoms with Crippen molar-refractivity contribution in [2.75, 3.05) is 11.9 Å². The Morgan fingerprint density at radius 1 is 1.11 bits per heavy atom. The predicted molar refractivity (Wildman–Crippen MR) is 114 cm³/mol. The number of para-hydroxylation sites is 1. The van der Waals surface area contributed by atoms with Crippen LogP contribution in [0.25, 0.3) is 0 Å². The molecule has 1 heterocycles. The van der Waals surface area contributed by atoms with Crippen LogP contribution in [0.2, 0.25) is 0 Å². The number of carbonyl (C=O) groups excluding carboxylic acids is 2. The molecule has 3 N–H and O–H groups in total. The maximum absolute atomic E-state index is 12.2. The molecule has 7 heteroatoms. The smallest absolute Gasteiger partial charge is 0.246 e. The third-order valence-corrected chi connectivity index (χ3v) is 4.83. The maximum atomic E-state index is 12.2. The molecule has 2 aromatic carbocycles. The monoisotopic (exact) mass is 440 g/mol. The van der Waals surface area contributed by atoms with E-state index in [9.17, 15) is 9.59 Å². The summed E-state index contributed by atoms with van der Waals surface area (Å²) in [7, 11) is 0. The van der Waals surface area contributed by atoms with Gasteiger partial charge in [-0.3, -0.25) is 9.59 Å². The summed E-state index contributed by atoms with van der Waals surface area (Å²) in [5, 5.41) is 9.12. The van der Waals surface area contributed by atoms with Gasteiger partial charge in [0.1, 0.15) is 6.54 Å². The maximum Gasteiger partial charge on any atom is 0.246 e. The van der Waals surface area contributed by atoms with Crippen molar-refractivity contribution < 1.29 is 9.59 Å². The summed E-state index contributed by atoms with van der Waals surface area (Å²) >= 11 is 3.43. The van der Waals surface area contributed by atoms with E-state index < -0.39 is 0 Å². The lowest BCUT2D eigenvalue weighted by Gasteiger charge is -2.30. The lowest BCUT2D eigenvalue weighted by molar-refractivity contribution is -0.115. The minimum Gasteiger partial charge on any atom is -0.345 e. The van der Waals surface area contributed by atoms with Crippen molar-refractivity contribution >= 4 is 39.3 Å². The predicted octanol–water partition coefficient (Wildman–Crippen LogP) is 3.54. The Bertz CT molecular complexity index is 937. The van der Waals surface area contributed by atoms with Crippen LogP contribution in [-0.2, 0) is 9.59 Å². The summed E-state index contributed by atoms with van der Waals surface area (Å²) in [5.41, 5.74) is 3.03. The molecule has 3 rings (SSSR count). The number of anilines is 1. The number of amides is 1. The van der Waals surface area contributed by atoms with Crippen LogP contribution in [0.3, 0.4) is 0 Å². The van der Waals surface area contributed by atoms with Crippen molar-refractivity contribution in [3.8, 4) is 0 Å². The van der Waals surface area contributed by atoms with E-state index in [0.29, 0.717) is 11.5 Å². The van der Waals surface area contributed by atoms with Gasteiger partial charge in [-0.2, -0.15) is 0 Å². The SMILES string of the molecule is CC(=O)C1=C(C)NC(=NCC(=O)Nc2ccccc2)NC1c1ccc(Br)cc1. The number of hydrogen-bond donors (Lipinski definition) is 3. The molecule has 0 radical (unpaired) electrons. The van der Waals surface area contributed by atoms with Crippen LogP contribution in [-0.4, -0.2) is 24.2 Å². The fraction of sp³-hybridized carbons (Fsp3) is 0.190. The molecular weight excluding hydrogens is 420 g/mol. The summed E-state index contributed by atoms with van der Waals surface area (Å²) < 4.78 is 0.960. The highest BCUT2D eigenvalue weighted by Crippen LogP contribution is 2.28. The Balaban J connectivity index is 1.78. The van der Waals surface area contributed by atoms with Crippen LogP contribution in [0.1, 0.15) is 25.5 Å². The summed E-state index contributed by atoms with van der Waals surface area (Å²) in [5.74, 6) is 0.214. The van der Waals surface area contributed by atoms with Gasteiger partial charge in [0.15, 0.2) is 11.7 Å². The van der Waals surface area contributed by atoms with E-state index in [1.165, 1.54) is 0 Å². The van der Waals surface area contributed by atoms with E-state index in [0.717, 1.165) is 21.4 Å². The Morgan fingerprint density at radius 3 is 2.43 bits per heavy atom. The van der Waals surface area contributed by atoms with Gasteiger partial charge in [0.05, 0.1) is 6.04 Å². The molecule has 0 fully saturated rings. The van der Waals surface area contributed by atoms with Crippen LogP contribution < -0.4 is 16.0 Å². The third-order valence-electron chi connectivity index (χ3n) is 4.30. The number of hydrogen-bond acceptors (Lipinski definition) is 3. The number of ketones is 1. The second kappa shape index (κ2) is 8.84. The molecule has 1 amide bonds. The zero-order valence-corrected chi connectivity index (χ0v) is 17.2. The molecule has 1 aliphatic rings. The quantitative estimate of drug-likeness (QED) is 0.663. The first-order chi connectivity index (χ1) is 13.4. The molecule has 0 aliphatic carbocycles. The molecule has 0 bridgehead atoms. The van der Waals surface area contributed by atoms with E-state index in [4.69, 9.17) is 0 Å². The van der Waals surface area contributed by atoms with Gasteiger partial charge in [0, 0.05) is 21.4 Å². The van der Waals surface area contributed by atoms with Gasteiger partial charge in [-0.15, -0.1) is 0 Å². The summed E-state index contributed by atoms with van der Waals surface area (Å²) in [6, 6.07) is 16.6. The first-order valence-corrected chi connectivity index (χ1v) is 9.63. The Morgan fingerprint density at radius 2 is 1.79 bits per heavy atom. The minimum atomic E-state index is -0.331. The van der Waals surface area contributed by atoms with E-state index >= 15 is 0 Å². The van der Waals surface area contributed by atoms with Crippen molar-refractivity contribution in [3.05, 3.63) is 75.9 Å². The first kappa shape index (κ1) is 19.8. The van der Waals surface area contributed by atoms with Gasteiger partial charge in [0.2, 0.25) is 5.91 Å².